The standard InChI is InChI=1S/C16H21ClN6O6/c1-22(7-24)28-5-9-11(25)12(26)15(29-9)23-6-18-10-13(19-8-2-3-27-4-8)20-16(17)21-14(10)23/h6-9,11-12,15,25-26H,2-5H2,1H3,(H,19,20,21)/t8-,9-,11-,12-,15-/m1/s1. The Morgan fingerprint density at radius 1 is 1.45 bits per heavy atom. The van der Waals surface area contributed by atoms with E-state index in [-0.39, 0.29) is 17.9 Å². The van der Waals surface area contributed by atoms with Crippen molar-refractivity contribution in [1.82, 2.24) is 24.6 Å². The van der Waals surface area contributed by atoms with E-state index in [0.29, 0.717) is 36.6 Å². The van der Waals surface area contributed by atoms with Crippen LogP contribution in [0.15, 0.2) is 6.33 Å². The number of fused-ring (bicyclic) bond motifs is 1. The van der Waals surface area contributed by atoms with Crippen LogP contribution in [0.2, 0.25) is 5.28 Å². The Kier molecular flexibility index (Phi) is 5.81. The predicted molar refractivity (Wildman–Crippen MR) is 98.9 cm³/mol. The average molecular weight is 429 g/mol. The lowest BCUT2D eigenvalue weighted by Gasteiger charge is -2.18. The first-order chi connectivity index (χ1) is 14.0. The molecule has 2 aliphatic heterocycles. The summed E-state index contributed by atoms with van der Waals surface area (Å²) in [7, 11) is 1.41. The number of imidazole rings is 1. The Morgan fingerprint density at radius 2 is 2.28 bits per heavy atom. The normalized spacial score (nSPS) is 29.4. The lowest BCUT2D eigenvalue weighted by atomic mass is 10.1. The third-order valence-electron chi connectivity index (χ3n) is 4.87. The lowest BCUT2D eigenvalue weighted by Crippen LogP contribution is -2.35. The second kappa shape index (κ2) is 8.34. The number of aliphatic hydroxyl groups excluding tert-OH is 2. The first-order valence-corrected chi connectivity index (χ1v) is 9.42. The van der Waals surface area contributed by atoms with Gasteiger partial charge in [-0.1, -0.05) is 0 Å². The molecule has 5 atom stereocenters. The number of anilines is 1. The number of halogens is 1. The Balaban J connectivity index is 1.58. The summed E-state index contributed by atoms with van der Waals surface area (Å²) in [5.41, 5.74) is 0.793. The molecule has 4 heterocycles. The number of aliphatic hydroxyl groups is 2. The summed E-state index contributed by atoms with van der Waals surface area (Å²) in [5.74, 6) is 0.453. The molecule has 4 rings (SSSR count). The van der Waals surface area contributed by atoms with E-state index in [1.165, 1.54) is 17.9 Å². The van der Waals surface area contributed by atoms with Crippen molar-refractivity contribution in [2.75, 3.05) is 32.2 Å². The van der Waals surface area contributed by atoms with E-state index in [2.05, 4.69) is 20.3 Å². The highest BCUT2D eigenvalue weighted by molar-refractivity contribution is 6.28. The number of ether oxygens (including phenoxy) is 2. The minimum absolute atomic E-state index is 0.00110. The van der Waals surface area contributed by atoms with Crippen molar-refractivity contribution in [2.24, 2.45) is 0 Å². The maximum atomic E-state index is 10.6. The van der Waals surface area contributed by atoms with Crippen LogP contribution < -0.4 is 5.32 Å². The van der Waals surface area contributed by atoms with Crippen LogP contribution in [0.5, 0.6) is 0 Å². The summed E-state index contributed by atoms with van der Waals surface area (Å²) >= 11 is 6.09. The molecule has 0 radical (unpaired) electrons. The van der Waals surface area contributed by atoms with E-state index in [1.807, 2.05) is 0 Å². The van der Waals surface area contributed by atoms with E-state index in [0.717, 1.165) is 11.5 Å². The van der Waals surface area contributed by atoms with Crippen molar-refractivity contribution in [3.63, 3.8) is 0 Å². The van der Waals surface area contributed by atoms with Gasteiger partial charge in [0, 0.05) is 13.7 Å². The highest BCUT2D eigenvalue weighted by Gasteiger charge is 2.44. The van der Waals surface area contributed by atoms with Crippen molar-refractivity contribution in [1.29, 1.82) is 0 Å². The molecule has 0 aromatic carbocycles. The van der Waals surface area contributed by atoms with Crippen molar-refractivity contribution in [3.8, 4) is 0 Å². The number of aromatic nitrogens is 4. The first-order valence-electron chi connectivity index (χ1n) is 9.05. The number of hydrogen-bond acceptors (Lipinski definition) is 10. The fourth-order valence-corrected chi connectivity index (χ4v) is 3.50. The molecule has 2 aliphatic rings. The minimum atomic E-state index is -1.27. The molecular formula is C16H21ClN6O6. The summed E-state index contributed by atoms with van der Waals surface area (Å²) in [5, 5.41) is 25.0. The minimum Gasteiger partial charge on any atom is -0.387 e. The third kappa shape index (κ3) is 3.99. The fraction of sp³-hybridized carbons (Fsp3) is 0.625. The highest BCUT2D eigenvalue weighted by Crippen LogP contribution is 2.33. The van der Waals surface area contributed by atoms with Gasteiger partial charge in [0.2, 0.25) is 11.7 Å². The fourth-order valence-electron chi connectivity index (χ4n) is 3.34. The van der Waals surface area contributed by atoms with Gasteiger partial charge in [0.05, 0.1) is 19.0 Å². The number of hydroxylamine groups is 2. The van der Waals surface area contributed by atoms with Crippen LogP contribution in [0.1, 0.15) is 12.6 Å². The summed E-state index contributed by atoms with van der Waals surface area (Å²) in [6.45, 7) is 1.09. The number of nitrogens with zero attached hydrogens (tertiary/aromatic N) is 5. The van der Waals surface area contributed by atoms with Crippen molar-refractivity contribution >= 4 is 35.0 Å². The van der Waals surface area contributed by atoms with Crippen LogP contribution in [-0.2, 0) is 19.1 Å². The van der Waals surface area contributed by atoms with Gasteiger partial charge in [-0.25, -0.2) is 10.0 Å². The summed E-state index contributed by atoms with van der Waals surface area (Å²) < 4.78 is 12.6. The number of rotatable bonds is 7. The van der Waals surface area contributed by atoms with Crippen LogP contribution in [0.25, 0.3) is 11.2 Å². The third-order valence-corrected chi connectivity index (χ3v) is 5.04. The number of carbonyl (C=O) groups is 1. The summed E-state index contributed by atoms with van der Waals surface area (Å²) in [4.78, 5) is 28.5. The van der Waals surface area contributed by atoms with E-state index in [9.17, 15) is 15.0 Å². The van der Waals surface area contributed by atoms with E-state index in [4.69, 9.17) is 25.9 Å². The average Bonchev–Trinajstić information content (AvgIpc) is 3.42. The van der Waals surface area contributed by atoms with E-state index >= 15 is 0 Å². The molecule has 0 spiro atoms. The van der Waals surface area contributed by atoms with Crippen LogP contribution >= 0.6 is 11.6 Å². The zero-order chi connectivity index (χ0) is 20.5. The molecule has 13 heteroatoms. The van der Waals surface area contributed by atoms with Gasteiger partial charge < -0.3 is 25.0 Å². The molecular weight excluding hydrogens is 408 g/mol. The van der Waals surface area contributed by atoms with Crippen molar-refractivity contribution < 1.29 is 29.3 Å². The van der Waals surface area contributed by atoms with Gasteiger partial charge in [-0.3, -0.25) is 14.2 Å². The second-order valence-electron chi connectivity index (χ2n) is 6.86. The monoisotopic (exact) mass is 428 g/mol. The Hall–Kier alpha value is -2.09. The van der Waals surface area contributed by atoms with Crippen LogP contribution in [0, 0.1) is 0 Å². The number of amides is 1. The first kappa shape index (κ1) is 20.2. The SMILES string of the molecule is CN(C=O)OC[C@H]1O[C@@H](n2cnc3c(N[C@@H]4CCOC4)nc(Cl)nc32)[C@H](O)[C@@H]1O. The Labute approximate surface area is 170 Å². The predicted octanol–water partition coefficient (Wildman–Crippen LogP) is -0.680. The summed E-state index contributed by atoms with van der Waals surface area (Å²) in [6, 6.07) is 0.0841. The molecule has 29 heavy (non-hydrogen) atoms. The zero-order valence-electron chi connectivity index (χ0n) is 15.5. The molecule has 158 valence electrons. The molecule has 2 fully saturated rings. The number of nitrogens with one attached hydrogen (secondary N) is 1. The number of hydrogen-bond donors (Lipinski definition) is 3. The highest BCUT2D eigenvalue weighted by atomic mass is 35.5. The van der Waals surface area contributed by atoms with Gasteiger partial charge in [0.25, 0.3) is 0 Å². The van der Waals surface area contributed by atoms with Crippen LogP contribution in [0.4, 0.5) is 5.82 Å². The van der Waals surface area contributed by atoms with Gasteiger partial charge in [-0.2, -0.15) is 9.97 Å². The van der Waals surface area contributed by atoms with Gasteiger partial charge in [-0.05, 0) is 18.0 Å². The van der Waals surface area contributed by atoms with Gasteiger partial charge >= 0.3 is 0 Å². The molecule has 2 aromatic heterocycles. The molecule has 0 saturated carbocycles. The Morgan fingerprint density at radius 3 is 3.00 bits per heavy atom. The maximum Gasteiger partial charge on any atom is 0.233 e. The smallest absolute Gasteiger partial charge is 0.233 e. The molecule has 0 bridgehead atoms. The van der Waals surface area contributed by atoms with Crippen LogP contribution in [-0.4, -0.2) is 92.4 Å². The van der Waals surface area contributed by atoms with E-state index in [1.54, 1.807) is 0 Å². The molecule has 3 N–H and O–H groups in total. The van der Waals surface area contributed by atoms with Gasteiger partial charge in [0.15, 0.2) is 23.2 Å². The summed E-state index contributed by atoms with van der Waals surface area (Å²) in [6.07, 6.45) is -1.59. The molecule has 12 nitrogen and oxygen atoms in total. The van der Waals surface area contributed by atoms with E-state index < -0.39 is 24.5 Å². The molecule has 2 aromatic rings. The Bertz CT molecular complexity index is 877. The van der Waals surface area contributed by atoms with Crippen LogP contribution in [0.3, 0.4) is 0 Å². The molecule has 2 saturated heterocycles. The molecule has 0 unspecified atom stereocenters. The maximum absolute atomic E-state index is 10.6. The zero-order valence-corrected chi connectivity index (χ0v) is 16.3. The van der Waals surface area contributed by atoms with Crippen molar-refractivity contribution in [3.05, 3.63) is 11.6 Å². The van der Waals surface area contributed by atoms with Gasteiger partial charge in [0.1, 0.15) is 24.9 Å². The molecule has 0 aliphatic carbocycles. The second-order valence-corrected chi connectivity index (χ2v) is 7.20. The molecule has 1 amide bonds. The van der Waals surface area contributed by atoms with Gasteiger partial charge in [-0.15, -0.1) is 0 Å². The number of carbonyl (C=O) groups excluding carboxylic acids is 1. The largest absolute Gasteiger partial charge is 0.387 e. The topological polar surface area (TPSA) is 144 Å². The van der Waals surface area contributed by atoms with Crippen molar-refractivity contribution in [2.45, 2.75) is 37.0 Å². The lowest BCUT2D eigenvalue weighted by molar-refractivity contribution is -0.181. The quantitative estimate of drug-likeness (QED) is 0.294.